The zero-order chi connectivity index (χ0) is 10.8. The van der Waals surface area contributed by atoms with Crippen molar-refractivity contribution in [3.05, 3.63) is 0 Å². The molecule has 0 bridgehead atoms. The lowest BCUT2D eigenvalue weighted by atomic mass is 9.97. The Morgan fingerprint density at radius 3 is 2.29 bits per heavy atom. The maximum Gasteiger partial charge on any atom is 0.236 e. The summed E-state index contributed by atoms with van der Waals surface area (Å²) in [5.41, 5.74) is -0.580. The van der Waals surface area contributed by atoms with Crippen molar-refractivity contribution in [1.29, 1.82) is 0 Å². The van der Waals surface area contributed by atoms with E-state index in [-0.39, 0.29) is 5.91 Å². The highest BCUT2D eigenvalue weighted by Gasteiger charge is 2.37. The van der Waals surface area contributed by atoms with Crippen LogP contribution >= 0.6 is 0 Å². The second-order valence-corrected chi connectivity index (χ2v) is 4.21. The van der Waals surface area contributed by atoms with Gasteiger partial charge in [0.25, 0.3) is 0 Å². The van der Waals surface area contributed by atoms with E-state index in [1.807, 2.05) is 23.6 Å². The minimum atomic E-state index is -0.580. The molecular formula is C10H20N2O2. The van der Waals surface area contributed by atoms with Crippen LogP contribution < -0.4 is 0 Å². The zero-order valence-corrected chi connectivity index (χ0v) is 9.29. The number of aliphatic hydroxyl groups is 1. The van der Waals surface area contributed by atoms with Crippen LogP contribution in [0.4, 0.5) is 0 Å². The quantitative estimate of drug-likeness (QED) is 0.690. The summed E-state index contributed by atoms with van der Waals surface area (Å²) in [5, 5.41) is 9.48. The van der Waals surface area contributed by atoms with Gasteiger partial charge in [-0.1, -0.05) is 0 Å². The molecule has 1 aliphatic rings. The number of likely N-dealkylation sites (N-methyl/N-ethyl adjacent to an activating group) is 1. The lowest BCUT2D eigenvalue weighted by Gasteiger charge is -2.44. The van der Waals surface area contributed by atoms with Crippen LogP contribution in [-0.4, -0.2) is 59.1 Å². The van der Waals surface area contributed by atoms with Gasteiger partial charge in [0.15, 0.2) is 0 Å². The Labute approximate surface area is 85.5 Å². The monoisotopic (exact) mass is 200 g/mol. The van der Waals surface area contributed by atoms with E-state index in [9.17, 15) is 9.90 Å². The first-order valence-corrected chi connectivity index (χ1v) is 5.21. The molecule has 0 aromatic heterocycles. The predicted molar refractivity (Wildman–Crippen MR) is 55.0 cm³/mol. The van der Waals surface area contributed by atoms with Gasteiger partial charge in [0.05, 0.1) is 12.1 Å². The lowest BCUT2D eigenvalue weighted by molar-refractivity contribution is -0.139. The number of amides is 1. The van der Waals surface area contributed by atoms with Crippen molar-refractivity contribution in [2.75, 3.05) is 32.7 Å². The largest absolute Gasteiger partial charge is 0.388 e. The molecule has 1 N–H and O–H groups in total. The minimum absolute atomic E-state index is 0.158. The van der Waals surface area contributed by atoms with Gasteiger partial charge in [-0.3, -0.25) is 9.69 Å². The molecule has 0 saturated carbocycles. The summed E-state index contributed by atoms with van der Waals surface area (Å²) in [4.78, 5) is 15.4. The highest BCUT2D eigenvalue weighted by molar-refractivity contribution is 5.78. The molecule has 0 aliphatic carbocycles. The number of rotatable bonds is 4. The zero-order valence-electron chi connectivity index (χ0n) is 9.29. The Morgan fingerprint density at radius 2 is 1.93 bits per heavy atom. The van der Waals surface area contributed by atoms with Gasteiger partial charge in [-0.15, -0.1) is 0 Å². The predicted octanol–water partition coefficient (Wildman–Crippen LogP) is -0.0786. The molecule has 1 heterocycles. The fourth-order valence-electron chi connectivity index (χ4n) is 1.90. The van der Waals surface area contributed by atoms with Crippen molar-refractivity contribution in [1.82, 2.24) is 9.80 Å². The Bertz CT molecular complexity index is 204. The Morgan fingerprint density at radius 1 is 1.43 bits per heavy atom. The molecule has 4 heteroatoms. The standard InChI is InChI=1S/C10H20N2O2/c1-4-12(5-2)9(13)6-11-7-10(3,14)8-11/h14H,4-8H2,1-3H3. The third-order valence-corrected chi connectivity index (χ3v) is 2.60. The molecule has 0 spiro atoms. The second kappa shape index (κ2) is 4.28. The molecule has 4 nitrogen and oxygen atoms in total. The number of carbonyl (C=O) groups is 1. The van der Waals surface area contributed by atoms with Crippen molar-refractivity contribution in [2.24, 2.45) is 0 Å². The van der Waals surface area contributed by atoms with Crippen molar-refractivity contribution in [3.8, 4) is 0 Å². The van der Waals surface area contributed by atoms with E-state index >= 15 is 0 Å². The molecule has 14 heavy (non-hydrogen) atoms. The van der Waals surface area contributed by atoms with Crippen LogP contribution in [0.2, 0.25) is 0 Å². The molecule has 1 aliphatic heterocycles. The molecule has 1 rings (SSSR count). The van der Waals surface area contributed by atoms with E-state index in [2.05, 4.69) is 0 Å². The normalized spacial score (nSPS) is 20.3. The maximum absolute atomic E-state index is 11.6. The van der Waals surface area contributed by atoms with Gasteiger partial charge in [0.1, 0.15) is 0 Å². The summed E-state index contributed by atoms with van der Waals surface area (Å²) in [5.74, 6) is 0.158. The molecule has 1 saturated heterocycles. The summed E-state index contributed by atoms with van der Waals surface area (Å²) in [7, 11) is 0. The molecule has 0 aromatic carbocycles. The second-order valence-electron chi connectivity index (χ2n) is 4.21. The van der Waals surface area contributed by atoms with Crippen molar-refractivity contribution in [3.63, 3.8) is 0 Å². The number of carbonyl (C=O) groups excluding carboxylic acids is 1. The van der Waals surface area contributed by atoms with Gasteiger partial charge >= 0.3 is 0 Å². The van der Waals surface area contributed by atoms with Crippen molar-refractivity contribution in [2.45, 2.75) is 26.4 Å². The summed E-state index contributed by atoms with van der Waals surface area (Å²) in [6, 6.07) is 0. The summed E-state index contributed by atoms with van der Waals surface area (Å²) in [6.07, 6.45) is 0. The summed E-state index contributed by atoms with van der Waals surface area (Å²) < 4.78 is 0. The van der Waals surface area contributed by atoms with Crippen LogP contribution in [-0.2, 0) is 4.79 Å². The number of hydrogen-bond donors (Lipinski definition) is 1. The van der Waals surface area contributed by atoms with Crippen LogP contribution in [0.25, 0.3) is 0 Å². The van der Waals surface area contributed by atoms with Gasteiger partial charge < -0.3 is 10.0 Å². The summed E-state index contributed by atoms with van der Waals surface area (Å²) in [6.45, 7) is 8.95. The Kier molecular flexibility index (Phi) is 3.50. The third kappa shape index (κ3) is 2.69. The number of β-amino-alcohol motifs (C(OH)–C–C–N with tert-alkyl or cyclic N) is 1. The third-order valence-electron chi connectivity index (χ3n) is 2.60. The molecule has 82 valence electrons. The maximum atomic E-state index is 11.6. The van der Waals surface area contributed by atoms with Gasteiger partial charge in [0.2, 0.25) is 5.91 Å². The Balaban J connectivity index is 2.28. The van der Waals surface area contributed by atoms with Crippen LogP contribution in [0.1, 0.15) is 20.8 Å². The average Bonchev–Trinajstić information content (AvgIpc) is 2.03. The highest BCUT2D eigenvalue weighted by atomic mass is 16.3. The van der Waals surface area contributed by atoms with E-state index in [0.717, 1.165) is 13.1 Å². The number of nitrogens with zero attached hydrogens (tertiary/aromatic N) is 2. The van der Waals surface area contributed by atoms with E-state index in [0.29, 0.717) is 19.6 Å². The molecule has 0 unspecified atom stereocenters. The summed E-state index contributed by atoms with van der Waals surface area (Å²) >= 11 is 0. The molecule has 1 fully saturated rings. The number of hydrogen-bond acceptors (Lipinski definition) is 3. The molecule has 1 amide bonds. The van der Waals surface area contributed by atoms with Gasteiger partial charge in [0, 0.05) is 26.2 Å². The van der Waals surface area contributed by atoms with Crippen molar-refractivity contribution < 1.29 is 9.90 Å². The fraction of sp³-hybridized carbons (Fsp3) is 0.900. The molecule has 0 atom stereocenters. The van der Waals surface area contributed by atoms with Crippen LogP contribution in [0.3, 0.4) is 0 Å². The van der Waals surface area contributed by atoms with Crippen molar-refractivity contribution >= 4 is 5.91 Å². The SMILES string of the molecule is CCN(CC)C(=O)CN1CC(C)(O)C1. The van der Waals surface area contributed by atoms with Gasteiger partial charge in [-0.25, -0.2) is 0 Å². The van der Waals surface area contributed by atoms with Gasteiger partial charge in [-0.05, 0) is 20.8 Å². The van der Waals surface area contributed by atoms with E-state index in [1.165, 1.54) is 0 Å². The first kappa shape index (κ1) is 11.5. The average molecular weight is 200 g/mol. The highest BCUT2D eigenvalue weighted by Crippen LogP contribution is 2.19. The molecule has 0 radical (unpaired) electrons. The van der Waals surface area contributed by atoms with E-state index < -0.39 is 5.60 Å². The van der Waals surface area contributed by atoms with Gasteiger partial charge in [-0.2, -0.15) is 0 Å². The minimum Gasteiger partial charge on any atom is -0.388 e. The molecular weight excluding hydrogens is 180 g/mol. The topological polar surface area (TPSA) is 43.8 Å². The lowest BCUT2D eigenvalue weighted by Crippen LogP contribution is -2.61. The fourth-order valence-corrected chi connectivity index (χ4v) is 1.90. The molecule has 0 aromatic rings. The van der Waals surface area contributed by atoms with Crippen LogP contribution in [0.5, 0.6) is 0 Å². The first-order valence-electron chi connectivity index (χ1n) is 5.21. The smallest absolute Gasteiger partial charge is 0.236 e. The van der Waals surface area contributed by atoms with E-state index in [1.54, 1.807) is 6.92 Å². The van der Waals surface area contributed by atoms with E-state index in [4.69, 9.17) is 0 Å². The van der Waals surface area contributed by atoms with Crippen LogP contribution in [0, 0.1) is 0 Å². The van der Waals surface area contributed by atoms with Crippen LogP contribution in [0.15, 0.2) is 0 Å². The first-order chi connectivity index (χ1) is 6.48. The number of likely N-dealkylation sites (tertiary alicyclic amines) is 1. The Hall–Kier alpha value is -0.610.